The van der Waals surface area contributed by atoms with Gasteiger partial charge in [0.05, 0.1) is 0 Å². The van der Waals surface area contributed by atoms with Gasteiger partial charge in [-0.15, -0.1) is 22.7 Å². The van der Waals surface area contributed by atoms with Gasteiger partial charge in [-0.2, -0.15) is 0 Å². The normalized spacial score (nSPS) is 13.2. The van der Waals surface area contributed by atoms with Gasteiger partial charge in [0.15, 0.2) is 0 Å². The maximum Gasteiger partial charge on any atom is 0.0476 e. The summed E-state index contributed by atoms with van der Waals surface area (Å²) in [6.45, 7) is 2.40. The summed E-state index contributed by atoms with van der Waals surface area (Å²) in [5, 5.41) is 5.28. The van der Waals surface area contributed by atoms with Gasteiger partial charge >= 0.3 is 0 Å². The molecule has 11 rings (SSSR count). The first-order valence-electron chi connectivity index (χ1n) is 18.2. The smallest absolute Gasteiger partial charge is 0.0476 e. The van der Waals surface area contributed by atoms with E-state index in [2.05, 4.69) is 194 Å². The molecule has 0 saturated heterocycles. The molecule has 2 aromatic heterocycles. The Hall–Kier alpha value is -6.00. The highest BCUT2D eigenvalue weighted by molar-refractivity contribution is 7.26. The molecule has 53 heavy (non-hydrogen) atoms. The van der Waals surface area contributed by atoms with E-state index >= 15 is 0 Å². The van der Waals surface area contributed by atoms with E-state index in [1.165, 1.54) is 79.3 Å². The molecule has 1 aliphatic carbocycles. The number of thiophene rings is 2. The van der Waals surface area contributed by atoms with E-state index in [0.29, 0.717) is 0 Å². The van der Waals surface area contributed by atoms with Gasteiger partial charge in [-0.05, 0) is 107 Å². The highest BCUT2D eigenvalue weighted by atomic mass is 32.1. The maximum absolute atomic E-state index is 2.45. The first-order valence-corrected chi connectivity index (χ1v) is 19.8. The van der Waals surface area contributed by atoms with Gasteiger partial charge in [-0.25, -0.2) is 0 Å². The molecule has 0 atom stereocenters. The SMILES string of the molecule is CC1(c2ccc3c(c2)sc2ccc(-c4ccc(N(c5ccccc5)c5ccc6c(c5)sc5ccccc56)cc4)cc23)c2ccccc2-c2ccccc21. The van der Waals surface area contributed by atoms with Crippen molar-refractivity contribution in [3.05, 3.63) is 199 Å². The van der Waals surface area contributed by atoms with Gasteiger partial charge in [0.2, 0.25) is 0 Å². The zero-order valence-corrected chi connectivity index (χ0v) is 30.7. The van der Waals surface area contributed by atoms with Crippen LogP contribution in [0.2, 0.25) is 0 Å². The summed E-state index contributed by atoms with van der Waals surface area (Å²) in [4.78, 5) is 2.36. The molecule has 10 aromatic rings. The van der Waals surface area contributed by atoms with E-state index in [1.54, 1.807) is 0 Å². The van der Waals surface area contributed by atoms with Gasteiger partial charge < -0.3 is 4.90 Å². The fraction of sp³-hybridized carbons (Fsp3) is 0.0400. The highest BCUT2D eigenvalue weighted by Gasteiger charge is 2.40. The Kier molecular flexibility index (Phi) is 6.79. The van der Waals surface area contributed by atoms with Crippen LogP contribution < -0.4 is 4.90 Å². The van der Waals surface area contributed by atoms with Crippen molar-refractivity contribution >= 4 is 80.1 Å². The molecule has 0 amide bonds. The van der Waals surface area contributed by atoms with Crippen LogP contribution in [0.4, 0.5) is 17.1 Å². The lowest BCUT2D eigenvalue weighted by molar-refractivity contribution is 0.715. The fourth-order valence-corrected chi connectivity index (χ4v) is 11.0. The van der Waals surface area contributed by atoms with E-state index < -0.39 is 0 Å². The van der Waals surface area contributed by atoms with Crippen molar-refractivity contribution in [2.24, 2.45) is 0 Å². The summed E-state index contributed by atoms with van der Waals surface area (Å²) in [6, 6.07) is 67.3. The molecule has 0 N–H and O–H groups in total. The average Bonchev–Trinajstić information content (AvgIpc) is 3.86. The third-order valence-electron chi connectivity index (χ3n) is 11.4. The van der Waals surface area contributed by atoms with Crippen LogP contribution in [0.5, 0.6) is 0 Å². The highest BCUT2D eigenvalue weighted by Crippen LogP contribution is 2.53. The largest absolute Gasteiger partial charge is 0.310 e. The van der Waals surface area contributed by atoms with Crippen LogP contribution in [0.1, 0.15) is 23.6 Å². The molecular formula is C50H33NS2. The van der Waals surface area contributed by atoms with Crippen LogP contribution in [0, 0.1) is 0 Å². The van der Waals surface area contributed by atoms with Gasteiger partial charge in [0.25, 0.3) is 0 Å². The lowest BCUT2D eigenvalue weighted by atomic mass is 9.74. The van der Waals surface area contributed by atoms with Gasteiger partial charge in [-0.3, -0.25) is 0 Å². The molecule has 0 unspecified atom stereocenters. The van der Waals surface area contributed by atoms with Crippen LogP contribution in [0.15, 0.2) is 182 Å². The number of nitrogens with zero attached hydrogens (tertiary/aromatic N) is 1. The second-order valence-electron chi connectivity index (χ2n) is 14.2. The Morgan fingerprint density at radius 1 is 0.377 bits per heavy atom. The zero-order chi connectivity index (χ0) is 35.1. The van der Waals surface area contributed by atoms with Crippen molar-refractivity contribution in [1.82, 2.24) is 0 Å². The van der Waals surface area contributed by atoms with Crippen LogP contribution in [0.25, 0.3) is 62.6 Å². The van der Waals surface area contributed by atoms with Gasteiger partial charge in [0, 0.05) is 62.8 Å². The summed E-state index contributed by atoms with van der Waals surface area (Å²) in [5.74, 6) is 0. The monoisotopic (exact) mass is 711 g/mol. The molecule has 250 valence electrons. The summed E-state index contributed by atoms with van der Waals surface area (Å²) in [6.07, 6.45) is 0. The number of rotatable bonds is 5. The number of hydrogen-bond donors (Lipinski definition) is 0. The second kappa shape index (κ2) is 11.8. The van der Waals surface area contributed by atoms with Crippen LogP contribution >= 0.6 is 22.7 Å². The Labute approximate surface area is 316 Å². The van der Waals surface area contributed by atoms with E-state index in [1.807, 2.05) is 22.7 Å². The van der Waals surface area contributed by atoms with E-state index in [0.717, 1.165) is 17.1 Å². The first kappa shape index (κ1) is 30.6. The second-order valence-corrected chi connectivity index (χ2v) is 16.4. The van der Waals surface area contributed by atoms with Crippen molar-refractivity contribution in [2.75, 3.05) is 4.90 Å². The molecule has 0 aliphatic heterocycles. The molecule has 8 aromatic carbocycles. The predicted octanol–water partition coefficient (Wildman–Crippen LogP) is 14.9. The number of anilines is 3. The number of fused-ring (bicyclic) bond motifs is 9. The van der Waals surface area contributed by atoms with Crippen LogP contribution in [0.3, 0.4) is 0 Å². The number of benzene rings is 8. The van der Waals surface area contributed by atoms with Crippen molar-refractivity contribution < 1.29 is 0 Å². The average molecular weight is 712 g/mol. The fourth-order valence-electron chi connectivity index (χ4n) is 8.71. The Bertz CT molecular complexity index is 2980. The number of para-hydroxylation sites is 1. The molecular weight excluding hydrogens is 679 g/mol. The van der Waals surface area contributed by atoms with Crippen molar-refractivity contribution in [3.8, 4) is 22.3 Å². The molecule has 0 fully saturated rings. The molecule has 3 heteroatoms. The molecule has 0 bridgehead atoms. The van der Waals surface area contributed by atoms with Crippen molar-refractivity contribution in [3.63, 3.8) is 0 Å². The Balaban J connectivity index is 0.963. The third kappa shape index (κ3) is 4.68. The lowest BCUT2D eigenvalue weighted by Gasteiger charge is -2.28. The maximum atomic E-state index is 2.45. The molecule has 0 spiro atoms. The quantitative estimate of drug-likeness (QED) is 0.172. The molecule has 1 aliphatic rings. The van der Waals surface area contributed by atoms with Gasteiger partial charge in [-0.1, -0.05) is 121 Å². The topological polar surface area (TPSA) is 3.24 Å². The summed E-state index contributed by atoms with van der Waals surface area (Å²) in [5.41, 5.74) is 12.5. The summed E-state index contributed by atoms with van der Waals surface area (Å²) < 4.78 is 5.28. The zero-order valence-electron chi connectivity index (χ0n) is 29.1. The van der Waals surface area contributed by atoms with Crippen molar-refractivity contribution in [1.29, 1.82) is 0 Å². The minimum atomic E-state index is -0.193. The molecule has 2 heterocycles. The first-order chi connectivity index (χ1) is 26.1. The third-order valence-corrected chi connectivity index (χ3v) is 13.6. The van der Waals surface area contributed by atoms with Crippen molar-refractivity contribution in [2.45, 2.75) is 12.3 Å². The lowest BCUT2D eigenvalue weighted by Crippen LogP contribution is -2.22. The minimum absolute atomic E-state index is 0.193. The standard InChI is InChI=1S/C50H33NS2/c1-50(44-16-8-5-13-38(44)39-14-6-9-17-45(39)50)34-22-26-42-43-29-33(21-28-47(43)53-48(42)30-34)32-19-23-36(24-20-32)51(35-11-3-2-4-12-35)37-25-27-41-40-15-7-10-18-46(40)52-49(41)31-37/h2-31H,1H3. The minimum Gasteiger partial charge on any atom is -0.310 e. The molecule has 1 nitrogen and oxygen atoms in total. The molecule has 0 saturated carbocycles. The van der Waals surface area contributed by atoms with Crippen LogP contribution in [-0.2, 0) is 5.41 Å². The summed E-state index contributed by atoms with van der Waals surface area (Å²) >= 11 is 3.76. The van der Waals surface area contributed by atoms with Gasteiger partial charge in [0.1, 0.15) is 0 Å². The van der Waals surface area contributed by atoms with E-state index in [9.17, 15) is 0 Å². The molecule has 0 radical (unpaired) electrons. The van der Waals surface area contributed by atoms with E-state index in [4.69, 9.17) is 0 Å². The Morgan fingerprint density at radius 3 is 1.70 bits per heavy atom. The number of hydrogen-bond acceptors (Lipinski definition) is 3. The Morgan fingerprint density at radius 2 is 0.925 bits per heavy atom. The summed E-state index contributed by atoms with van der Waals surface area (Å²) in [7, 11) is 0. The predicted molar refractivity (Wildman–Crippen MR) is 230 cm³/mol. The van der Waals surface area contributed by atoms with Crippen LogP contribution in [-0.4, -0.2) is 0 Å². The van der Waals surface area contributed by atoms with E-state index in [-0.39, 0.29) is 5.41 Å².